The predicted octanol–water partition coefficient (Wildman–Crippen LogP) is 12.2. The van der Waals surface area contributed by atoms with Gasteiger partial charge in [-0.25, -0.2) is 9.97 Å². The van der Waals surface area contributed by atoms with Crippen LogP contribution in [0.3, 0.4) is 0 Å². The van der Waals surface area contributed by atoms with Crippen LogP contribution in [0, 0.1) is 0 Å². The molecule has 11 rings (SSSR count). The molecule has 0 fully saturated rings. The monoisotopic (exact) mass is 636 g/mol. The fourth-order valence-corrected chi connectivity index (χ4v) is 8.10. The first-order valence-electron chi connectivity index (χ1n) is 17.0. The average molecular weight is 637 g/mol. The van der Waals surface area contributed by atoms with Gasteiger partial charge in [0.05, 0.1) is 33.4 Å². The van der Waals surface area contributed by atoms with E-state index >= 15 is 0 Å². The van der Waals surface area contributed by atoms with Gasteiger partial charge in [0.1, 0.15) is 5.69 Å². The Labute approximate surface area is 288 Å². The van der Waals surface area contributed by atoms with Crippen molar-refractivity contribution in [2.75, 3.05) is 4.90 Å². The lowest BCUT2D eigenvalue weighted by Gasteiger charge is -2.34. The van der Waals surface area contributed by atoms with Gasteiger partial charge in [-0.15, -0.1) is 0 Å². The zero-order chi connectivity index (χ0) is 32.8. The van der Waals surface area contributed by atoms with E-state index in [4.69, 9.17) is 9.97 Å². The Hall–Kier alpha value is -6.78. The summed E-state index contributed by atoms with van der Waals surface area (Å²) in [5.41, 5.74) is 11.7. The number of rotatable bonds is 3. The molecule has 0 saturated carbocycles. The molecule has 8 aromatic carbocycles. The first kappa shape index (κ1) is 27.2. The second kappa shape index (κ2) is 10.4. The summed E-state index contributed by atoms with van der Waals surface area (Å²) < 4.78 is 2.35. The van der Waals surface area contributed by atoms with Gasteiger partial charge in [-0.05, 0) is 64.9 Å². The lowest BCUT2D eigenvalue weighted by molar-refractivity contribution is 1.18. The molecule has 0 spiro atoms. The van der Waals surface area contributed by atoms with Gasteiger partial charge in [0.15, 0.2) is 5.82 Å². The summed E-state index contributed by atoms with van der Waals surface area (Å²) in [4.78, 5) is 13.3. The highest BCUT2D eigenvalue weighted by Crippen LogP contribution is 2.54. The molecule has 0 N–H and O–H groups in total. The summed E-state index contributed by atoms with van der Waals surface area (Å²) in [6, 6.07) is 60.6. The second-order valence-electron chi connectivity index (χ2n) is 13.0. The van der Waals surface area contributed by atoms with Crippen molar-refractivity contribution in [2.24, 2.45) is 0 Å². The van der Waals surface area contributed by atoms with E-state index < -0.39 is 0 Å². The maximum Gasteiger partial charge on any atom is 0.165 e. The van der Waals surface area contributed by atoms with Crippen LogP contribution in [-0.4, -0.2) is 14.5 Å². The third-order valence-electron chi connectivity index (χ3n) is 10.3. The summed E-state index contributed by atoms with van der Waals surface area (Å²) in [7, 11) is 0. The van der Waals surface area contributed by atoms with Crippen LogP contribution in [0.1, 0.15) is 0 Å². The molecule has 0 atom stereocenters. The highest BCUT2D eigenvalue weighted by atomic mass is 15.2. The Bertz CT molecular complexity index is 2990. The van der Waals surface area contributed by atoms with E-state index in [2.05, 4.69) is 167 Å². The smallest absolute Gasteiger partial charge is 0.165 e. The number of fused-ring (bicyclic) bond motifs is 8. The summed E-state index contributed by atoms with van der Waals surface area (Å²) in [5, 5.41) is 7.18. The summed E-state index contributed by atoms with van der Waals surface area (Å²) in [5.74, 6) is 0.814. The Morgan fingerprint density at radius 3 is 2.02 bits per heavy atom. The normalized spacial score (nSPS) is 12.4. The lowest BCUT2D eigenvalue weighted by Crippen LogP contribution is -2.18. The van der Waals surface area contributed by atoms with Gasteiger partial charge in [-0.3, -0.25) is 4.90 Å². The molecule has 0 amide bonds. The molecule has 2 aromatic heterocycles. The van der Waals surface area contributed by atoms with E-state index in [1.54, 1.807) is 0 Å². The molecule has 0 unspecified atom stereocenters. The Morgan fingerprint density at radius 1 is 0.440 bits per heavy atom. The lowest BCUT2D eigenvalue weighted by atomic mass is 9.88. The van der Waals surface area contributed by atoms with Crippen LogP contribution in [0.25, 0.3) is 82.5 Å². The van der Waals surface area contributed by atoms with Crippen LogP contribution in [0.5, 0.6) is 0 Å². The molecular formula is C46H28N4. The standard InChI is InChI=1S/C46H28N4/c1-2-15-32(16-3-1)49-40-22-9-6-18-34(40)37-28-31(25-27-41(37)49)44-46(48-39-21-8-7-20-38(39)47-44)50-42-23-11-14-30-13-10-19-35(43(30)42)36-26-24-29-12-4-5-17-33(29)45(36)50/h1-28H. The van der Waals surface area contributed by atoms with Crippen molar-refractivity contribution in [3.8, 4) is 28.1 Å². The summed E-state index contributed by atoms with van der Waals surface area (Å²) in [6.07, 6.45) is 0. The van der Waals surface area contributed by atoms with Crippen LogP contribution in [0.15, 0.2) is 170 Å². The number of anilines is 3. The number of aromatic nitrogens is 3. The van der Waals surface area contributed by atoms with Crippen molar-refractivity contribution in [1.29, 1.82) is 0 Å². The number of hydrogen-bond donors (Lipinski definition) is 0. The molecule has 4 nitrogen and oxygen atoms in total. The third-order valence-corrected chi connectivity index (χ3v) is 10.3. The fourth-order valence-electron chi connectivity index (χ4n) is 8.10. The van der Waals surface area contributed by atoms with Gasteiger partial charge in [-0.2, -0.15) is 0 Å². The molecule has 10 aromatic rings. The van der Waals surface area contributed by atoms with Gasteiger partial charge in [0, 0.05) is 38.4 Å². The Balaban J connectivity index is 1.25. The van der Waals surface area contributed by atoms with Crippen LogP contribution in [0.2, 0.25) is 0 Å². The molecule has 232 valence electrons. The molecule has 1 aliphatic heterocycles. The van der Waals surface area contributed by atoms with Crippen molar-refractivity contribution < 1.29 is 0 Å². The van der Waals surface area contributed by atoms with E-state index in [-0.39, 0.29) is 0 Å². The largest absolute Gasteiger partial charge is 0.309 e. The van der Waals surface area contributed by atoms with Gasteiger partial charge in [0.2, 0.25) is 0 Å². The Morgan fingerprint density at radius 2 is 1.14 bits per heavy atom. The number of hydrogen-bond acceptors (Lipinski definition) is 3. The van der Waals surface area contributed by atoms with Crippen LogP contribution < -0.4 is 4.90 Å². The van der Waals surface area contributed by atoms with E-state index in [9.17, 15) is 0 Å². The van der Waals surface area contributed by atoms with Gasteiger partial charge in [-0.1, -0.05) is 121 Å². The maximum atomic E-state index is 5.49. The highest BCUT2D eigenvalue weighted by molar-refractivity contribution is 6.19. The van der Waals surface area contributed by atoms with Crippen molar-refractivity contribution in [3.63, 3.8) is 0 Å². The summed E-state index contributed by atoms with van der Waals surface area (Å²) >= 11 is 0. The number of nitrogens with zero attached hydrogens (tertiary/aromatic N) is 4. The second-order valence-corrected chi connectivity index (χ2v) is 13.0. The maximum absolute atomic E-state index is 5.49. The zero-order valence-electron chi connectivity index (χ0n) is 27.0. The minimum Gasteiger partial charge on any atom is -0.309 e. The molecule has 50 heavy (non-hydrogen) atoms. The molecule has 3 heterocycles. The highest BCUT2D eigenvalue weighted by Gasteiger charge is 2.31. The quantitative estimate of drug-likeness (QED) is 0.193. The van der Waals surface area contributed by atoms with Crippen molar-refractivity contribution in [1.82, 2.24) is 14.5 Å². The zero-order valence-corrected chi connectivity index (χ0v) is 27.0. The SMILES string of the molecule is c1ccc(-n2c3ccccc3c3cc(-c4nc5ccccc5nc4N4c5c(ccc6ccccc56)-c5cccc6cccc4c56)ccc32)cc1. The molecule has 1 aliphatic rings. The van der Waals surface area contributed by atoms with Crippen molar-refractivity contribution >= 4 is 71.6 Å². The van der Waals surface area contributed by atoms with E-state index in [1.165, 1.54) is 49.0 Å². The topological polar surface area (TPSA) is 34.0 Å². The van der Waals surface area contributed by atoms with Crippen LogP contribution >= 0.6 is 0 Å². The number of para-hydroxylation sites is 4. The minimum atomic E-state index is 0.814. The fraction of sp³-hybridized carbons (Fsp3) is 0. The van der Waals surface area contributed by atoms with Gasteiger partial charge < -0.3 is 4.57 Å². The average Bonchev–Trinajstić information content (AvgIpc) is 3.51. The first-order chi connectivity index (χ1) is 24.8. The Kier molecular flexibility index (Phi) is 5.63. The minimum absolute atomic E-state index is 0.814. The predicted molar refractivity (Wildman–Crippen MR) is 208 cm³/mol. The molecule has 0 radical (unpaired) electrons. The molecule has 0 saturated heterocycles. The van der Waals surface area contributed by atoms with E-state index in [1.807, 2.05) is 12.1 Å². The van der Waals surface area contributed by atoms with E-state index in [0.717, 1.165) is 50.7 Å². The summed E-state index contributed by atoms with van der Waals surface area (Å²) in [6.45, 7) is 0. The van der Waals surface area contributed by atoms with Crippen LogP contribution in [0.4, 0.5) is 17.2 Å². The van der Waals surface area contributed by atoms with Gasteiger partial charge >= 0.3 is 0 Å². The molecule has 0 bridgehead atoms. The molecular weight excluding hydrogens is 609 g/mol. The van der Waals surface area contributed by atoms with Crippen LogP contribution in [-0.2, 0) is 0 Å². The van der Waals surface area contributed by atoms with Crippen molar-refractivity contribution in [3.05, 3.63) is 170 Å². The molecule has 4 heteroatoms. The van der Waals surface area contributed by atoms with E-state index in [0.29, 0.717) is 0 Å². The molecule has 0 aliphatic carbocycles. The first-order valence-corrected chi connectivity index (χ1v) is 17.0. The number of benzene rings is 8. The third kappa shape index (κ3) is 3.81. The van der Waals surface area contributed by atoms with Gasteiger partial charge in [0.25, 0.3) is 0 Å². The van der Waals surface area contributed by atoms with Crippen molar-refractivity contribution in [2.45, 2.75) is 0 Å².